The maximum Gasteiger partial charge on any atom is 0.267 e. The highest BCUT2D eigenvalue weighted by Gasteiger charge is 2.18. The zero-order chi connectivity index (χ0) is 18.7. The Balaban J connectivity index is 1.73. The summed E-state index contributed by atoms with van der Waals surface area (Å²) in [6.07, 6.45) is 5.98. The standard InChI is InChI=1S/C18H18N4O3S/c1-13-3-5-16(6-4-13)26(24,25)22-8-7-15(12-22)18(23)21-11-17-19-9-14(2)10-20-17/h3-10,12H,11H2,1-2H3,(H,21,23). The molecule has 3 rings (SSSR count). The van der Waals surface area contributed by atoms with Crippen LogP contribution >= 0.6 is 0 Å². The number of nitrogens with one attached hydrogen (secondary N) is 1. The van der Waals surface area contributed by atoms with Gasteiger partial charge >= 0.3 is 0 Å². The number of aryl methyl sites for hydroxylation is 2. The smallest absolute Gasteiger partial charge is 0.267 e. The molecule has 1 N–H and O–H groups in total. The first-order chi connectivity index (χ1) is 12.4. The lowest BCUT2D eigenvalue weighted by Crippen LogP contribution is -2.23. The minimum Gasteiger partial charge on any atom is -0.345 e. The Morgan fingerprint density at radius 2 is 1.69 bits per heavy atom. The molecule has 0 spiro atoms. The van der Waals surface area contributed by atoms with E-state index in [0.29, 0.717) is 5.82 Å². The Kier molecular flexibility index (Phi) is 4.85. The van der Waals surface area contributed by atoms with Gasteiger partial charge < -0.3 is 5.32 Å². The van der Waals surface area contributed by atoms with E-state index >= 15 is 0 Å². The van der Waals surface area contributed by atoms with Gasteiger partial charge in [-0.2, -0.15) is 0 Å². The highest BCUT2D eigenvalue weighted by Crippen LogP contribution is 2.16. The molecule has 0 saturated heterocycles. The molecule has 8 heteroatoms. The lowest BCUT2D eigenvalue weighted by atomic mass is 10.2. The number of rotatable bonds is 5. The van der Waals surface area contributed by atoms with E-state index in [-0.39, 0.29) is 17.0 Å². The molecule has 7 nitrogen and oxygen atoms in total. The van der Waals surface area contributed by atoms with Crippen molar-refractivity contribution >= 4 is 15.9 Å². The molecule has 134 valence electrons. The molecule has 2 aromatic heterocycles. The lowest BCUT2D eigenvalue weighted by molar-refractivity contribution is 0.0950. The molecule has 0 unspecified atom stereocenters. The van der Waals surface area contributed by atoms with E-state index in [2.05, 4.69) is 15.3 Å². The van der Waals surface area contributed by atoms with Gasteiger partial charge in [-0.1, -0.05) is 17.7 Å². The largest absolute Gasteiger partial charge is 0.345 e. The maximum atomic E-state index is 12.6. The van der Waals surface area contributed by atoms with Gasteiger partial charge in [0.1, 0.15) is 5.82 Å². The van der Waals surface area contributed by atoms with Crippen LogP contribution in [-0.4, -0.2) is 28.3 Å². The van der Waals surface area contributed by atoms with Crippen molar-refractivity contribution < 1.29 is 13.2 Å². The molecule has 0 radical (unpaired) electrons. The minimum atomic E-state index is -3.73. The molecule has 0 aliphatic heterocycles. The van der Waals surface area contributed by atoms with Gasteiger partial charge in [0.25, 0.3) is 15.9 Å². The van der Waals surface area contributed by atoms with Crippen LogP contribution in [0.5, 0.6) is 0 Å². The fourth-order valence-corrected chi connectivity index (χ4v) is 3.46. The van der Waals surface area contributed by atoms with Crippen LogP contribution in [0.25, 0.3) is 0 Å². The van der Waals surface area contributed by atoms with Crippen molar-refractivity contribution in [3.05, 3.63) is 77.6 Å². The molecule has 1 aromatic carbocycles. The maximum absolute atomic E-state index is 12.6. The van der Waals surface area contributed by atoms with Crippen molar-refractivity contribution in [3.8, 4) is 0 Å². The van der Waals surface area contributed by atoms with Crippen molar-refractivity contribution in [2.75, 3.05) is 0 Å². The second-order valence-electron chi connectivity index (χ2n) is 5.91. The number of carbonyl (C=O) groups is 1. The number of hydrogen-bond donors (Lipinski definition) is 1. The first-order valence-electron chi connectivity index (χ1n) is 7.92. The van der Waals surface area contributed by atoms with Crippen LogP contribution in [0.4, 0.5) is 0 Å². The normalized spacial score (nSPS) is 11.3. The van der Waals surface area contributed by atoms with Crippen molar-refractivity contribution in [1.82, 2.24) is 19.3 Å². The summed E-state index contributed by atoms with van der Waals surface area (Å²) in [7, 11) is -3.73. The molecular formula is C18H18N4O3S. The molecular weight excluding hydrogens is 352 g/mol. The van der Waals surface area contributed by atoms with Crippen LogP contribution in [0.3, 0.4) is 0 Å². The Hall–Kier alpha value is -3.00. The van der Waals surface area contributed by atoms with Crippen LogP contribution < -0.4 is 5.32 Å². The summed E-state index contributed by atoms with van der Waals surface area (Å²) < 4.78 is 26.2. The average Bonchev–Trinajstić information content (AvgIpc) is 3.12. The number of carbonyl (C=O) groups excluding carboxylic acids is 1. The van der Waals surface area contributed by atoms with Crippen molar-refractivity contribution in [1.29, 1.82) is 0 Å². The summed E-state index contributed by atoms with van der Waals surface area (Å²) in [5, 5.41) is 2.67. The van der Waals surface area contributed by atoms with Gasteiger partial charge in [-0.05, 0) is 37.6 Å². The van der Waals surface area contributed by atoms with E-state index in [1.54, 1.807) is 36.7 Å². The third kappa shape index (κ3) is 3.80. The molecule has 0 aliphatic carbocycles. The van der Waals surface area contributed by atoms with E-state index in [1.165, 1.54) is 18.5 Å². The van der Waals surface area contributed by atoms with Crippen molar-refractivity contribution in [2.45, 2.75) is 25.3 Å². The summed E-state index contributed by atoms with van der Waals surface area (Å²) >= 11 is 0. The number of benzene rings is 1. The van der Waals surface area contributed by atoms with Crippen LogP contribution in [0, 0.1) is 13.8 Å². The molecule has 0 aliphatic rings. The monoisotopic (exact) mass is 370 g/mol. The topological polar surface area (TPSA) is 94.0 Å². The fourth-order valence-electron chi connectivity index (χ4n) is 2.26. The average molecular weight is 370 g/mol. The first kappa shape index (κ1) is 17.8. The predicted octanol–water partition coefficient (Wildman–Crippen LogP) is 2.06. The van der Waals surface area contributed by atoms with Crippen LogP contribution in [0.2, 0.25) is 0 Å². The Bertz CT molecular complexity index is 1020. The van der Waals surface area contributed by atoms with Gasteiger partial charge in [0.15, 0.2) is 0 Å². The Morgan fingerprint density at radius 3 is 2.35 bits per heavy atom. The highest BCUT2D eigenvalue weighted by atomic mass is 32.2. The van der Waals surface area contributed by atoms with E-state index in [1.807, 2.05) is 13.8 Å². The molecule has 2 heterocycles. The van der Waals surface area contributed by atoms with Crippen LogP contribution in [0.15, 0.2) is 60.0 Å². The lowest BCUT2D eigenvalue weighted by Gasteiger charge is -2.06. The van der Waals surface area contributed by atoms with E-state index < -0.39 is 15.9 Å². The van der Waals surface area contributed by atoms with E-state index in [0.717, 1.165) is 15.1 Å². The highest BCUT2D eigenvalue weighted by molar-refractivity contribution is 7.90. The van der Waals surface area contributed by atoms with Gasteiger partial charge in [-0.25, -0.2) is 22.4 Å². The quantitative estimate of drug-likeness (QED) is 0.742. The zero-order valence-corrected chi connectivity index (χ0v) is 15.2. The third-order valence-corrected chi connectivity index (χ3v) is 5.42. The predicted molar refractivity (Wildman–Crippen MR) is 96.1 cm³/mol. The molecule has 0 bridgehead atoms. The number of amides is 1. The molecule has 1 amide bonds. The SMILES string of the molecule is Cc1ccc(S(=O)(=O)n2ccc(C(=O)NCc3ncc(C)cn3)c2)cc1. The first-order valence-corrected chi connectivity index (χ1v) is 9.36. The summed E-state index contributed by atoms with van der Waals surface area (Å²) in [5.74, 6) is 0.0858. The third-order valence-electron chi connectivity index (χ3n) is 3.77. The summed E-state index contributed by atoms with van der Waals surface area (Å²) in [6.45, 7) is 3.92. The van der Waals surface area contributed by atoms with Crippen molar-refractivity contribution in [3.63, 3.8) is 0 Å². The number of hydrogen-bond acceptors (Lipinski definition) is 5. The van der Waals surface area contributed by atoms with Crippen molar-refractivity contribution in [2.24, 2.45) is 0 Å². The zero-order valence-electron chi connectivity index (χ0n) is 14.4. The van der Waals surface area contributed by atoms with Gasteiger partial charge in [0.2, 0.25) is 0 Å². The fraction of sp³-hybridized carbons (Fsp3) is 0.167. The Morgan fingerprint density at radius 1 is 1.04 bits per heavy atom. The second-order valence-corrected chi connectivity index (χ2v) is 7.75. The summed E-state index contributed by atoms with van der Waals surface area (Å²) in [4.78, 5) is 20.6. The van der Waals surface area contributed by atoms with Gasteiger partial charge in [0.05, 0.1) is 17.0 Å². The number of nitrogens with zero attached hydrogens (tertiary/aromatic N) is 3. The summed E-state index contributed by atoms with van der Waals surface area (Å²) in [6, 6.07) is 7.99. The Labute approximate surface area is 151 Å². The van der Waals surface area contributed by atoms with Crippen LogP contribution in [-0.2, 0) is 16.6 Å². The van der Waals surface area contributed by atoms with Crippen LogP contribution in [0.1, 0.15) is 27.3 Å². The minimum absolute atomic E-state index is 0.162. The summed E-state index contributed by atoms with van der Waals surface area (Å²) in [5.41, 5.74) is 2.14. The van der Waals surface area contributed by atoms with Gasteiger partial charge in [0, 0.05) is 24.8 Å². The molecule has 26 heavy (non-hydrogen) atoms. The van der Waals surface area contributed by atoms with E-state index in [9.17, 15) is 13.2 Å². The molecule has 3 aromatic rings. The molecule has 0 saturated carbocycles. The molecule has 0 fully saturated rings. The number of aromatic nitrogens is 3. The second kappa shape index (κ2) is 7.09. The van der Waals surface area contributed by atoms with Gasteiger partial charge in [-0.15, -0.1) is 0 Å². The van der Waals surface area contributed by atoms with Gasteiger partial charge in [-0.3, -0.25) is 4.79 Å². The molecule has 0 atom stereocenters. The van der Waals surface area contributed by atoms with E-state index in [4.69, 9.17) is 0 Å².